The van der Waals surface area contributed by atoms with Crippen LogP contribution in [0.4, 0.5) is 0 Å². The van der Waals surface area contributed by atoms with Crippen LogP contribution in [0, 0.1) is 0 Å². The standard InChI is InChI=1S/C16H23N3O2/c1-11(2)19-16(14(21-5)10-18-19)15(17-3)12-8-6-7-9-13(12)20-4/h6-11,15,17H,1-5H3. The molecular weight excluding hydrogens is 266 g/mol. The van der Waals surface area contributed by atoms with Gasteiger partial charge in [0.1, 0.15) is 11.4 Å². The van der Waals surface area contributed by atoms with Crippen LogP contribution in [0.1, 0.15) is 37.2 Å². The van der Waals surface area contributed by atoms with Gasteiger partial charge in [-0.05, 0) is 27.0 Å². The summed E-state index contributed by atoms with van der Waals surface area (Å²) in [5.41, 5.74) is 2.06. The molecule has 0 fully saturated rings. The van der Waals surface area contributed by atoms with E-state index in [1.165, 1.54) is 0 Å². The lowest BCUT2D eigenvalue weighted by Crippen LogP contribution is -2.23. The molecule has 5 nitrogen and oxygen atoms in total. The van der Waals surface area contributed by atoms with Crippen LogP contribution in [0.2, 0.25) is 0 Å². The van der Waals surface area contributed by atoms with Gasteiger partial charge in [-0.1, -0.05) is 18.2 Å². The molecule has 2 rings (SSSR count). The van der Waals surface area contributed by atoms with E-state index in [2.05, 4.69) is 30.3 Å². The Balaban J connectivity index is 2.58. The van der Waals surface area contributed by atoms with Crippen LogP contribution in [-0.2, 0) is 0 Å². The molecule has 0 radical (unpaired) electrons. The van der Waals surface area contributed by atoms with Gasteiger partial charge in [0, 0.05) is 11.6 Å². The minimum absolute atomic E-state index is 0.0546. The number of methoxy groups -OCH3 is 2. The molecule has 1 unspecified atom stereocenters. The van der Waals surface area contributed by atoms with Crippen molar-refractivity contribution in [1.29, 1.82) is 0 Å². The highest BCUT2D eigenvalue weighted by Gasteiger charge is 2.25. The van der Waals surface area contributed by atoms with Gasteiger partial charge in [0.15, 0.2) is 5.75 Å². The van der Waals surface area contributed by atoms with E-state index in [1.807, 2.05) is 29.9 Å². The van der Waals surface area contributed by atoms with Crippen molar-refractivity contribution in [1.82, 2.24) is 15.1 Å². The summed E-state index contributed by atoms with van der Waals surface area (Å²) >= 11 is 0. The third-order valence-electron chi connectivity index (χ3n) is 3.52. The summed E-state index contributed by atoms with van der Waals surface area (Å²) in [5, 5.41) is 7.79. The lowest BCUT2D eigenvalue weighted by Gasteiger charge is -2.23. The number of hydrogen-bond acceptors (Lipinski definition) is 4. The van der Waals surface area contributed by atoms with Crippen LogP contribution in [0.5, 0.6) is 11.5 Å². The van der Waals surface area contributed by atoms with Gasteiger partial charge < -0.3 is 14.8 Å². The van der Waals surface area contributed by atoms with E-state index >= 15 is 0 Å². The predicted octanol–water partition coefficient (Wildman–Crippen LogP) is 2.79. The number of rotatable bonds is 6. The number of nitrogens with zero attached hydrogens (tertiary/aromatic N) is 2. The molecule has 2 aromatic rings. The highest BCUT2D eigenvalue weighted by molar-refractivity contribution is 5.43. The minimum atomic E-state index is -0.0546. The molecule has 0 aliphatic rings. The fourth-order valence-electron chi connectivity index (χ4n) is 2.54. The lowest BCUT2D eigenvalue weighted by molar-refractivity contribution is 0.386. The van der Waals surface area contributed by atoms with Crippen molar-refractivity contribution in [3.05, 3.63) is 41.7 Å². The van der Waals surface area contributed by atoms with E-state index in [9.17, 15) is 0 Å². The number of nitrogens with one attached hydrogen (secondary N) is 1. The number of para-hydroxylation sites is 1. The Morgan fingerprint density at radius 1 is 1.10 bits per heavy atom. The van der Waals surface area contributed by atoms with Crippen LogP contribution in [0.15, 0.2) is 30.5 Å². The molecule has 0 saturated heterocycles. The molecule has 1 atom stereocenters. The Morgan fingerprint density at radius 2 is 1.76 bits per heavy atom. The second-order valence-corrected chi connectivity index (χ2v) is 5.10. The zero-order valence-corrected chi connectivity index (χ0v) is 13.3. The first kappa shape index (κ1) is 15.4. The van der Waals surface area contributed by atoms with Crippen molar-refractivity contribution < 1.29 is 9.47 Å². The van der Waals surface area contributed by atoms with Gasteiger partial charge in [0.25, 0.3) is 0 Å². The van der Waals surface area contributed by atoms with Crippen molar-refractivity contribution in [2.75, 3.05) is 21.3 Å². The molecule has 0 aliphatic carbocycles. The van der Waals surface area contributed by atoms with Gasteiger partial charge in [-0.2, -0.15) is 5.10 Å². The van der Waals surface area contributed by atoms with E-state index in [-0.39, 0.29) is 12.1 Å². The van der Waals surface area contributed by atoms with Crippen molar-refractivity contribution in [3.63, 3.8) is 0 Å². The fraction of sp³-hybridized carbons (Fsp3) is 0.438. The molecule has 0 bridgehead atoms. The second kappa shape index (κ2) is 6.63. The fourth-order valence-corrected chi connectivity index (χ4v) is 2.54. The number of benzene rings is 1. The maximum Gasteiger partial charge on any atom is 0.161 e. The van der Waals surface area contributed by atoms with Crippen LogP contribution in [0.3, 0.4) is 0 Å². The highest BCUT2D eigenvalue weighted by atomic mass is 16.5. The van der Waals surface area contributed by atoms with Gasteiger partial charge in [-0.25, -0.2) is 0 Å². The van der Waals surface area contributed by atoms with E-state index in [0.29, 0.717) is 0 Å². The molecule has 1 heterocycles. The maximum absolute atomic E-state index is 5.49. The SMILES string of the molecule is CNC(c1ccccc1OC)c1c(OC)cnn1C(C)C. The molecule has 0 amide bonds. The molecule has 114 valence electrons. The molecule has 21 heavy (non-hydrogen) atoms. The van der Waals surface area contributed by atoms with Gasteiger partial charge >= 0.3 is 0 Å². The van der Waals surface area contributed by atoms with E-state index in [4.69, 9.17) is 9.47 Å². The molecule has 0 aliphatic heterocycles. The zero-order chi connectivity index (χ0) is 15.4. The van der Waals surface area contributed by atoms with Crippen molar-refractivity contribution >= 4 is 0 Å². The molecule has 1 N–H and O–H groups in total. The first-order chi connectivity index (χ1) is 10.1. The average molecular weight is 289 g/mol. The van der Waals surface area contributed by atoms with E-state index in [1.54, 1.807) is 20.4 Å². The molecule has 1 aromatic carbocycles. The van der Waals surface area contributed by atoms with Gasteiger partial charge in [-0.3, -0.25) is 4.68 Å². The summed E-state index contributed by atoms with van der Waals surface area (Å²) in [5.74, 6) is 1.62. The van der Waals surface area contributed by atoms with Gasteiger partial charge in [0.2, 0.25) is 0 Å². The largest absolute Gasteiger partial charge is 0.496 e. The predicted molar refractivity (Wildman–Crippen MR) is 83.1 cm³/mol. The third-order valence-corrected chi connectivity index (χ3v) is 3.52. The molecule has 1 aromatic heterocycles. The summed E-state index contributed by atoms with van der Waals surface area (Å²) in [6.07, 6.45) is 1.76. The Hall–Kier alpha value is -2.01. The lowest BCUT2D eigenvalue weighted by atomic mass is 10.0. The normalized spacial score (nSPS) is 12.5. The number of aromatic nitrogens is 2. The van der Waals surface area contributed by atoms with Crippen LogP contribution < -0.4 is 14.8 Å². The first-order valence-electron chi connectivity index (χ1n) is 7.05. The van der Waals surface area contributed by atoms with Crippen molar-refractivity contribution in [3.8, 4) is 11.5 Å². The summed E-state index contributed by atoms with van der Waals surface area (Å²) in [6, 6.07) is 8.17. The molecule has 0 spiro atoms. The quantitative estimate of drug-likeness (QED) is 0.888. The van der Waals surface area contributed by atoms with E-state index < -0.39 is 0 Å². The third kappa shape index (κ3) is 2.88. The van der Waals surface area contributed by atoms with Crippen LogP contribution in [-0.4, -0.2) is 31.0 Å². The molecule has 0 saturated carbocycles. The summed E-state index contributed by atoms with van der Waals surface area (Å²) in [6.45, 7) is 4.20. The average Bonchev–Trinajstić information content (AvgIpc) is 2.92. The Kier molecular flexibility index (Phi) is 4.85. The van der Waals surface area contributed by atoms with Crippen LogP contribution in [0.25, 0.3) is 0 Å². The molecular formula is C16H23N3O2. The first-order valence-corrected chi connectivity index (χ1v) is 7.05. The van der Waals surface area contributed by atoms with Crippen molar-refractivity contribution in [2.45, 2.75) is 25.9 Å². The number of ether oxygens (including phenoxy) is 2. The highest BCUT2D eigenvalue weighted by Crippen LogP contribution is 2.35. The summed E-state index contributed by atoms with van der Waals surface area (Å²) < 4.78 is 13.0. The maximum atomic E-state index is 5.49. The summed E-state index contributed by atoms with van der Waals surface area (Å²) in [4.78, 5) is 0. The monoisotopic (exact) mass is 289 g/mol. The number of hydrogen-bond donors (Lipinski definition) is 1. The van der Waals surface area contributed by atoms with Crippen LogP contribution >= 0.6 is 0 Å². The topological polar surface area (TPSA) is 48.3 Å². The van der Waals surface area contributed by atoms with Gasteiger partial charge in [0.05, 0.1) is 26.5 Å². The summed E-state index contributed by atoms with van der Waals surface area (Å²) in [7, 11) is 5.27. The Morgan fingerprint density at radius 3 is 2.33 bits per heavy atom. The van der Waals surface area contributed by atoms with E-state index in [0.717, 1.165) is 22.8 Å². The van der Waals surface area contributed by atoms with Gasteiger partial charge in [-0.15, -0.1) is 0 Å². The molecule has 5 heteroatoms. The smallest absolute Gasteiger partial charge is 0.161 e. The van der Waals surface area contributed by atoms with Crippen molar-refractivity contribution in [2.24, 2.45) is 0 Å². The second-order valence-electron chi connectivity index (χ2n) is 5.10. The Labute approximate surface area is 125 Å². The zero-order valence-electron chi connectivity index (χ0n) is 13.3. The minimum Gasteiger partial charge on any atom is -0.496 e. The Bertz CT molecular complexity index is 593.